The summed E-state index contributed by atoms with van der Waals surface area (Å²) >= 11 is 0. The highest BCUT2D eigenvalue weighted by molar-refractivity contribution is 5.65. The molecule has 2 aromatic carbocycles. The fourth-order valence-corrected chi connectivity index (χ4v) is 2.68. The quantitative estimate of drug-likeness (QED) is 0.583. The van der Waals surface area contributed by atoms with E-state index in [2.05, 4.69) is 5.10 Å². The molecule has 0 radical (unpaired) electrons. The first kappa shape index (κ1) is 13.5. The summed E-state index contributed by atoms with van der Waals surface area (Å²) in [5.74, 6) is 0. The van der Waals surface area contributed by atoms with Crippen molar-refractivity contribution in [2.75, 3.05) is 0 Å². The molecule has 0 amide bonds. The van der Waals surface area contributed by atoms with Crippen LogP contribution < -0.4 is 5.56 Å². The summed E-state index contributed by atoms with van der Waals surface area (Å²) in [6.45, 7) is 0.558. The van der Waals surface area contributed by atoms with E-state index in [0.29, 0.717) is 12.1 Å². The molecule has 0 saturated heterocycles. The van der Waals surface area contributed by atoms with Crippen LogP contribution in [0, 0.1) is 0 Å². The van der Waals surface area contributed by atoms with Gasteiger partial charge in [-0.1, -0.05) is 60.7 Å². The monoisotopic (exact) mass is 301 g/mol. The van der Waals surface area contributed by atoms with Gasteiger partial charge in [-0.3, -0.25) is 4.79 Å². The minimum absolute atomic E-state index is 0.0361. The van der Waals surface area contributed by atoms with E-state index in [-0.39, 0.29) is 5.56 Å². The Hall–Kier alpha value is -3.14. The number of aromatic nitrogens is 3. The van der Waals surface area contributed by atoms with Gasteiger partial charge in [-0.05, 0) is 11.6 Å². The van der Waals surface area contributed by atoms with E-state index < -0.39 is 0 Å². The normalized spacial score (nSPS) is 11.0. The maximum absolute atomic E-state index is 12.7. The van der Waals surface area contributed by atoms with Crippen molar-refractivity contribution >= 4 is 5.52 Å². The maximum atomic E-state index is 12.7. The summed E-state index contributed by atoms with van der Waals surface area (Å²) in [5, 5.41) is 4.50. The lowest BCUT2D eigenvalue weighted by atomic mass is 10.1. The van der Waals surface area contributed by atoms with Crippen LogP contribution in [0.2, 0.25) is 0 Å². The van der Waals surface area contributed by atoms with Crippen LogP contribution in [0.15, 0.2) is 83.9 Å². The van der Waals surface area contributed by atoms with Crippen molar-refractivity contribution in [1.82, 2.24) is 14.2 Å². The Kier molecular flexibility index (Phi) is 3.27. The third-order valence-corrected chi connectivity index (χ3v) is 3.87. The standard InChI is InChI=1S/C19H15N3O/c23-19-18-13-17(16-9-5-2-6-10-16)20-22(18)12-11-21(19)14-15-7-3-1-4-8-15/h1-13H,14H2. The zero-order valence-corrected chi connectivity index (χ0v) is 12.5. The van der Waals surface area contributed by atoms with Crippen molar-refractivity contribution in [3.8, 4) is 11.3 Å². The minimum Gasteiger partial charge on any atom is -0.308 e. The first-order valence-electron chi connectivity index (χ1n) is 7.49. The van der Waals surface area contributed by atoms with Gasteiger partial charge in [0.25, 0.3) is 5.56 Å². The third-order valence-electron chi connectivity index (χ3n) is 3.87. The van der Waals surface area contributed by atoms with E-state index in [1.807, 2.05) is 72.9 Å². The molecule has 4 heteroatoms. The molecule has 0 aliphatic rings. The summed E-state index contributed by atoms with van der Waals surface area (Å²) in [6, 6.07) is 21.7. The van der Waals surface area contributed by atoms with Crippen LogP contribution in [0.5, 0.6) is 0 Å². The Labute approximate surface area is 133 Å². The second-order valence-corrected chi connectivity index (χ2v) is 5.44. The second kappa shape index (κ2) is 5.57. The Morgan fingerprint density at radius 2 is 1.57 bits per heavy atom. The van der Waals surface area contributed by atoms with Crippen LogP contribution in [-0.4, -0.2) is 14.2 Å². The molecule has 0 atom stereocenters. The molecule has 0 bridgehead atoms. The molecule has 0 saturated carbocycles. The van der Waals surface area contributed by atoms with E-state index in [1.54, 1.807) is 15.3 Å². The SMILES string of the molecule is O=c1c2cc(-c3ccccc3)nn2ccn1Cc1ccccc1. The molecule has 23 heavy (non-hydrogen) atoms. The molecule has 0 unspecified atom stereocenters. The van der Waals surface area contributed by atoms with Gasteiger partial charge in [0.15, 0.2) is 0 Å². The summed E-state index contributed by atoms with van der Waals surface area (Å²) in [6.07, 6.45) is 3.61. The second-order valence-electron chi connectivity index (χ2n) is 5.44. The van der Waals surface area contributed by atoms with E-state index >= 15 is 0 Å². The highest BCUT2D eigenvalue weighted by atomic mass is 16.1. The van der Waals surface area contributed by atoms with Crippen molar-refractivity contribution in [3.63, 3.8) is 0 Å². The van der Waals surface area contributed by atoms with Gasteiger partial charge in [-0.15, -0.1) is 0 Å². The van der Waals surface area contributed by atoms with Crippen molar-refractivity contribution in [2.45, 2.75) is 6.54 Å². The van der Waals surface area contributed by atoms with Crippen LogP contribution in [0.4, 0.5) is 0 Å². The van der Waals surface area contributed by atoms with Gasteiger partial charge in [-0.25, -0.2) is 4.52 Å². The van der Waals surface area contributed by atoms with E-state index in [0.717, 1.165) is 16.8 Å². The Bertz CT molecular complexity index is 1000. The number of nitrogens with zero attached hydrogens (tertiary/aromatic N) is 3. The van der Waals surface area contributed by atoms with Gasteiger partial charge in [-0.2, -0.15) is 5.10 Å². The zero-order chi connectivity index (χ0) is 15.6. The number of hydrogen-bond acceptors (Lipinski definition) is 2. The summed E-state index contributed by atoms with van der Waals surface area (Å²) in [5.41, 5.74) is 3.46. The molecule has 0 fully saturated rings. The molecule has 0 aliphatic heterocycles. The van der Waals surface area contributed by atoms with Crippen LogP contribution in [-0.2, 0) is 6.54 Å². The summed E-state index contributed by atoms with van der Waals surface area (Å²) in [7, 11) is 0. The van der Waals surface area contributed by atoms with Gasteiger partial charge < -0.3 is 4.57 Å². The average Bonchev–Trinajstić information content (AvgIpc) is 3.04. The molecular formula is C19H15N3O. The van der Waals surface area contributed by atoms with E-state index in [9.17, 15) is 4.79 Å². The van der Waals surface area contributed by atoms with Gasteiger partial charge in [0.2, 0.25) is 0 Å². The highest BCUT2D eigenvalue weighted by Crippen LogP contribution is 2.17. The predicted octanol–water partition coefficient (Wildman–Crippen LogP) is 3.21. The molecule has 0 aliphatic carbocycles. The zero-order valence-electron chi connectivity index (χ0n) is 12.5. The van der Waals surface area contributed by atoms with Crippen LogP contribution in [0.3, 0.4) is 0 Å². The molecule has 4 nitrogen and oxygen atoms in total. The lowest BCUT2D eigenvalue weighted by Crippen LogP contribution is -2.21. The first-order valence-corrected chi connectivity index (χ1v) is 7.49. The van der Waals surface area contributed by atoms with Gasteiger partial charge in [0.1, 0.15) is 5.52 Å². The largest absolute Gasteiger partial charge is 0.308 e. The molecule has 0 spiro atoms. The first-order chi connectivity index (χ1) is 11.3. The molecule has 0 N–H and O–H groups in total. The highest BCUT2D eigenvalue weighted by Gasteiger charge is 2.09. The number of rotatable bonds is 3. The fraction of sp³-hybridized carbons (Fsp3) is 0.0526. The van der Waals surface area contributed by atoms with Gasteiger partial charge in [0.05, 0.1) is 12.2 Å². The van der Waals surface area contributed by atoms with Crippen LogP contribution >= 0.6 is 0 Å². The lowest BCUT2D eigenvalue weighted by Gasteiger charge is -2.05. The summed E-state index contributed by atoms with van der Waals surface area (Å²) in [4.78, 5) is 12.7. The van der Waals surface area contributed by atoms with Gasteiger partial charge in [0, 0.05) is 18.0 Å². The van der Waals surface area contributed by atoms with Crippen LogP contribution in [0.25, 0.3) is 16.8 Å². The molecule has 2 aromatic heterocycles. The molecule has 112 valence electrons. The third kappa shape index (κ3) is 2.55. The summed E-state index contributed by atoms with van der Waals surface area (Å²) < 4.78 is 3.35. The molecule has 4 rings (SSSR count). The van der Waals surface area contributed by atoms with E-state index in [4.69, 9.17) is 0 Å². The Balaban J connectivity index is 1.78. The average molecular weight is 301 g/mol. The number of hydrogen-bond donors (Lipinski definition) is 0. The fourth-order valence-electron chi connectivity index (χ4n) is 2.68. The van der Waals surface area contributed by atoms with Crippen LogP contribution in [0.1, 0.15) is 5.56 Å². The van der Waals surface area contributed by atoms with E-state index in [1.165, 1.54) is 0 Å². The minimum atomic E-state index is -0.0361. The van der Waals surface area contributed by atoms with Crippen molar-refractivity contribution in [2.24, 2.45) is 0 Å². The number of benzene rings is 2. The van der Waals surface area contributed by atoms with Crippen molar-refractivity contribution in [3.05, 3.63) is 95.0 Å². The van der Waals surface area contributed by atoms with Crippen molar-refractivity contribution < 1.29 is 0 Å². The predicted molar refractivity (Wildman–Crippen MR) is 90.4 cm³/mol. The molecule has 2 heterocycles. The van der Waals surface area contributed by atoms with Gasteiger partial charge >= 0.3 is 0 Å². The number of fused-ring (bicyclic) bond motifs is 1. The molecule has 4 aromatic rings. The van der Waals surface area contributed by atoms with Crippen molar-refractivity contribution in [1.29, 1.82) is 0 Å². The smallest absolute Gasteiger partial charge is 0.276 e. The lowest BCUT2D eigenvalue weighted by molar-refractivity contribution is 0.743. The topological polar surface area (TPSA) is 39.3 Å². The maximum Gasteiger partial charge on any atom is 0.276 e. The Morgan fingerprint density at radius 3 is 2.30 bits per heavy atom. The Morgan fingerprint density at radius 1 is 0.870 bits per heavy atom. The molecular weight excluding hydrogens is 286 g/mol.